The van der Waals surface area contributed by atoms with E-state index in [2.05, 4.69) is 0 Å². The molecule has 6 heteroatoms. The number of fused-ring (bicyclic) bond motifs is 1. The monoisotopic (exact) mass is 354 g/mol. The predicted octanol–water partition coefficient (Wildman–Crippen LogP) is 2.40. The van der Waals surface area contributed by atoms with Crippen molar-refractivity contribution in [3.8, 4) is 11.5 Å². The molecule has 1 aliphatic heterocycles. The molecule has 0 atom stereocenters. The first-order valence-electron chi connectivity index (χ1n) is 8.85. The van der Waals surface area contributed by atoms with Crippen molar-refractivity contribution >= 4 is 5.91 Å². The molecule has 1 aromatic heterocycles. The van der Waals surface area contributed by atoms with Crippen LogP contribution in [0.3, 0.4) is 0 Å². The van der Waals surface area contributed by atoms with Gasteiger partial charge in [-0.05, 0) is 42.5 Å². The number of amides is 1. The van der Waals surface area contributed by atoms with Crippen LogP contribution in [-0.2, 0) is 13.0 Å². The Bertz CT molecular complexity index is 892. The van der Waals surface area contributed by atoms with Crippen molar-refractivity contribution in [3.63, 3.8) is 0 Å². The van der Waals surface area contributed by atoms with Crippen LogP contribution in [0.2, 0.25) is 0 Å². The first kappa shape index (κ1) is 16.7. The van der Waals surface area contributed by atoms with Crippen LogP contribution in [0, 0.1) is 0 Å². The molecule has 0 unspecified atom stereocenters. The number of carbonyl (C=O) groups is 1. The van der Waals surface area contributed by atoms with E-state index in [1.807, 2.05) is 15.7 Å². The number of nitrogens with zero attached hydrogens (tertiary/aromatic N) is 2. The third-order valence-electron chi connectivity index (χ3n) is 5.10. The maximum atomic E-state index is 13.0. The lowest BCUT2D eigenvalue weighted by molar-refractivity contribution is 0.0733. The van der Waals surface area contributed by atoms with Gasteiger partial charge in [-0.15, -0.1) is 0 Å². The maximum Gasteiger partial charge on any atom is 0.254 e. The molecule has 2 aromatic rings. The smallest absolute Gasteiger partial charge is 0.254 e. The number of methoxy groups -OCH3 is 2. The van der Waals surface area contributed by atoms with Crippen LogP contribution in [0.25, 0.3) is 0 Å². The third-order valence-corrected chi connectivity index (χ3v) is 5.10. The summed E-state index contributed by atoms with van der Waals surface area (Å²) >= 11 is 0. The summed E-state index contributed by atoms with van der Waals surface area (Å²) in [5, 5.41) is 0. The molecule has 1 fully saturated rings. The fourth-order valence-electron chi connectivity index (χ4n) is 3.47. The van der Waals surface area contributed by atoms with Crippen LogP contribution >= 0.6 is 0 Å². The zero-order valence-electron chi connectivity index (χ0n) is 15.0. The van der Waals surface area contributed by atoms with Gasteiger partial charge in [-0.3, -0.25) is 9.59 Å². The second-order valence-electron chi connectivity index (χ2n) is 6.88. The summed E-state index contributed by atoms with van der Waals surface area (Å²) in [4.78, 5) is 27.0. The molecular weight excluding hydrogens is 332 g/mol. The van der Waals surface area contributed by atoms with Crippen molar-refractivity contribution in [2.75, 3.05) is 20.8 Å². The van der Waals surface area contributed by atoms with Gasteiger partial charge in [0.2, 0.25) is 0 Å². The zero-order valence-corrected chi connectivity index (χ0v) is 15.0. The molecule has 0 bridgehead atoms. The van der Waals surface area contributed by atoms with Crippen molar-refractivity contribution in [2.45, 2.75) is 31.8 Å². The molecule has 0 saturated heterocycles. The Morgan fingerprint density at radius 2 is 1.73 bits per heavy atom. The van der Waals surface area contributed by atoms with E-state index in [1.165, 1.54) is 0 Å². The van der Waals surface area contributed by atoms with Gasteiger partial charge in [0, 0.05) is 43.0 Å². The minimum absolute atomic E-state index is 0.0583. The fraction of sp³-hybridized carbons (Fsp3) is 0.400. The van der Waals surface area contributed by atoms with Crippen molar-refractivity contribution in [1.82, 2.24) is 9.47 Å². The highest BCUT2D eigenvalue weighted by Crippen LogP contribution is 2.34. The van der Waals surface area contributed by atoms with E-state index in [4.69, 9.17) is 9.47 Å². The molecule has 136 valence electrons. The van der Waals surface area contributed by atoms with Crippen molar-refractivity contribution < 1.29 is 14.3 Å². The SMILES string of the molecule is COc1cc(OC)cc(C(=O)N2CCc3cc(=O)n(C4CC4)cc3C2)c1. The van der Waals surface area contributed by atoms with Gasteiger partial charge in [-0.25, -0.2) is 0 Å². The molecule has 2 heterocycles. The average molecular weight is 354 g/mol. The molecular formula is C20H22N2O4. The largest absolute Gasteiger partial charge is 0.497 e. The summed E-state index contributed by atoms with van der Waals surface area (Å²) in [6.07, 6.45) is 4.76. The highest BCUT2D eigenvalue weighted by Gasteiger charge is 2.28. The molecule has 1 saturated carbocycles. The molecule has 4 rings (SSSR count). The summed E-state index contributed by atoms with van der Waals surface area (Å²) in [6.45, 7) is 1.11. The Balaban J connectivity index is 1.61. The van der Waals surface area contributed by atoms with E-state index in [1.54, 1.807) is 38.5 Å². The molecule has 1 aliphatic carbocycles. The fourth-order valence-corrected chi connectivity index (χ4v) is 3.47. The number of hydrogen-bond acceptors (Lipinski definition) is 4. The van der Waals surface area contributed by atoms with Gasteiger partial charge in [0.25, 0.3) is 11.5 Å². The highest BCUT2D eigenvalue weighted by molar-refractivity contribution is 5.95. The van der Waals surface area contributed by atoms with Crippen molar-refractivity contribution in [2.24, 2.45) is 0 Å². The van der Waals surface area contributed by atoms with Crippen molar-refractivity contribution in [3.05, 3.63) is 57.5 Å². The summed E-state index contributed by atoms with van der Waals surface area (Å²) in [5.41, 5.74) is 2.73. The number of benzene rings is 1. The number of aromatic nitrogens is 1. The van der Waals surface area contributed by atoms with Gasteiger partial charge in [0.1, 0.15) is 11.5 Å². The normalized spacial score (nSPS) is 16.2. The Hall–Kier alpha value is -2.76. The van der Waals surface area contributed by atoms with Crippen LogP contribution in [0.15, 0.2) is 35.3 Å². The van der Waals surface area contributed by atoms with E-state index in [0.29, 0.717) is 42.6 Å². The first-order chi connectivity index (χ1) is 12.6. The Morgan fingerprint density at radius 3 is 2.35 bits per heavy atom. The van der Waals surface area contributed by atoms with Gasteiger partial charge in [0.15, 0.2) is 0 Å². The van der Waals surface area contributed by atoms with Gasteiger partial charge in [-0.2, -0.15) is 0 Å². The third kappa shape index (κ3) is 3.07. The van der Waals surface area contributed by atoms with Crippen LogP contribution < -0.4 is 15.0 Å². The molecule has 0 spiro atoms. The summed E-state index contributed by atoms with van der Waals surface area (Å²) in [5.74, 6) is 1.12. The summed E-state index contributed by atoms with van der Waals surface area (Å²) in [6, 6.07) is 7.28. The number of pyridine rings is 1. The van der Waals surface area contributed by atoms with Gasteiger partial charge in [-0.1, -0.05) is 0 Å². The summed E-state index contributed by atoms with van der Waals surface area (Å²) in [7, 11) is 3.13. The second-order valence-corrected chi connectivity index (χ2v) is 6.88. The maximum absolute atomic E-state index is 13.0. The van der Waals surface area contributed by atoms with E-state index >= 15 is 0 Å². The molecule has 0 radical (unpaired) electrons. The Morgan fingerprint density at radius 1 is 1.04 bits per heavy atom. The highest BCUT2D eigenvalue weighted by atomic mass is 16.5. The molecule has 6 nitrogen and oxygen atoms in total. The van der Waals surface area contributed by atoms with E-state index in [9.17, 15) is 9.59 Å². The van der Waals surface area contributed by atoms with E-state index in [0.717, 1.165) is 24.0 Å². The molecule has 1 aromatic carbocycles. The number of ether oxygens (including phenoxy) is 2. The lowest BCUT2D eigenvalue weighted by Gasteiger charge is -2.29. The molecule has 0 N–H and O–H groups in total. The van der Waals surface area contributed by atoms with Crippen LogP contribution in [-0.4, -0.2) is 36.1 Å². The van der Waals surface area contributed by atoms with Crippen LogP contribution in [0.5, 0.6) is 11.5 Å². The number of rotatable bonds is 4. The van der Waals surface area contributed by atoms with Crippen LogP contribution in [0.4, 0.5) is 0 Å². The van der Waals surface area contributed by atoms with E-state index in [-0.39, 0.29) is 11.5 Å². The Kier molecular flexibility index (Phi) is 4.18. The van der Waals surface area contributed by atoms with Crippen molar-refractivity contribution in [1.29, 1.82) is 0 Å². The van der Waals surface area contributed by atoms with Crippen LogP contribution in [0.1, 0.15) is 40.4 Å². The zero-order chi connectivity index (χ0) is 18.3. The molecule has 2 aliphatic rings. The van der Waals surface area contributed by atoms with E-state index < -0.39 is 0 Å². The average Bonchev–Trinajstić information content (AvgIpc) is 3.51. The lowest BCUT2D eigenvalue weighted by atomic mass is 10.0. The first-order valence-corrected chi connectivity index (χ1v) is 8.85. The Labute approximate surface area is 152 Å². The van der Waals surface area contributed by atoms with Gasteiger partial charge in [0.05, 0.1) is 14.2 Å². The predicted molar refractivity (Wildman–Crippen MR) is 97.0 cm³/mol. The number of carbonyl (C=O) groups excluding carboxylic acids is 1. The standard InChI is InChI=1S/C20H22N2O4/c1-25-17-7-14(8-18(10-17)26-2)20(24)21-6-5-13-9-19(23)22(16-3-4-16)12-15(13)11-21/h7-10,12,16H,3-6,11H2,1-2H3. The second kappa shape index (κ2) is 6.52. The minimum Gasteiger partial charge on any atom is -0.497 e. The lowest BCUT2D eigenvalue weighted by Crippen LogP contribution is -2.37. The molecule has 26 heavy (non-hydrogen) atoms. The quantitative estimate of drug-likeness (QED) is 0.846. The number of hydrogen-bond donors (Lipinski definition) is 0. The molecule has 1 amide bonds. The summed E-state index contributed by atoms with van der Waals surface area (Å²) < 4.78 is 12.3. The van der Waals surface area contributed by atoms with Gasteiger partial charge < -0.3 is 18.9 Å². The minimum atomic E-state index is -0.0583. The topological polar surface area (TPSA) is 60.8 Å². The van der Waals surface area contributed by atoms with Gasteiger partial charge >= 0.3 is 0 Å².